The van der Waals surface area contributed by atoms with Crippen molar-refractivity contribution < 1.29 is 26.9 Å². The number of alkyl halides is 3. The minimum Gasteiger partial charge on any atom is -0.385 e. The smallest absolute Gasteiger partial charge is 0.385 e. The van der Waals surface area contributed by atoms with Crippen molar-refractivity contribution in [3.8, 4) is 0 Å². The van der Waals surface area contributed by atoms with Crippen LogP contribution < -0.4 is 0 Å². The summed E-state index contributed by atoms with van der Waals surface area (Å²) in [7, 11) is -1.09. The van der Waals surface area contributed by atoms with Gasteiger partial charge in [0.1, 0.15) is 5.82 Å². The number of rotatable bonds is 1. The topological polar surface area (TPSA) is 37.3 Å². The zero-order valence-electron chi connectivity index (χ0n) is 11.0. The summed E-state index contributed by atoms with van der Waals surface area (Å²) in [5, 5.41) is 10.2. The molecule has 1 N–H and O–H groups in total. The van der Waals surface area contributed by atoms with Gasteiger partial charge in [0.15, 0.2) is 0 Å². The average molecular weight is 322 g/mol. The fourth-order valence-corrected chi connectivity index (χ4v) is 5.62. The van der Waals surface area contributed by atoms with Crippen LogP contribution >= 0.6 is 0 Å². The molecule has 2 aliphatic rings. The SMILES string of the molecule is O=S1C2CCC1CC(O)(c1ccc(F)cc1C(F)(F)F)C2. The van der Waals surface area contributed by atoms with Crippen LogP contribution in [0.15, 0.2) is 18.2 Å². The first kappa shape index (κ1) is 15.0. The van der Waals surface area contributed by atoms with Crippen molar-refractivity contribution in [1.82, 2.24) is 0 Å². The van der Waals surface area contributed by atoms with Gasteiger partial charge in [-0.15, -0.1) is 0 Å². The van der Waals surface area contributed by atoms with Crippen LogP contribution in [0.25, 0.3) is 0 Å². The Labute approximate surface area is 121 Å². The summed E-state index contributed by atoms with van der Waals surface area (Å²) >= 11 is 0. The van der Waals surface area contributed by atoms with E-state index in [1.807, 2.05) is 0 Å². The zero-order valence-corrected chi connectivity index (χ0v) is 11.8. The molecule has 2 unspecified atom stereocenters. The molecule has 3 rings (SSSR count). The van der Waals surface area contributed by atoms with E-state index in [0.717, 1.165) is 12.1 Å². The lowest BCUT2D eigenvalue weighted by Gasteiger charge is -2.37. The molecule has 1 aromatic rings. The molecular formula is C14H14F4O2S. The van der Waals surface area contributed by atoms with Gasteiger partial charge in [0.05, 0.1) is 11.2 Å². The highest BCUT2D eigenvalue weighted by Crippen LogP contribution is 2.48. The first-order valence-electron chi connectivity index (χ1n) is 6.70. The second kappa shape index (κ2) is 4.78. The molecule has 116 valence electrons. The molecule has 0 radical (unpaired) electrons. The number of halogens is 4. The average Bonchev–Trinajstić information content (AvgIpc) is 2.61. The number of hydrogen-bond acceptors (Lipinski definition) is 2. The predicted molar refractivity (Wildman–Crippen MR) is 69.5 cm³/mol. The fourth-order valence-electron chi connectivity index (χ4n) is 3.46. The normalized spacial score (nSPS) is 36.0. The van der Waals surface area contributed by atoms with Crippen molar-refractivity contribution in [2.24, 2.45) is 0 Å². The van der Waals surface area contributed by atoms with Crippen molar-refractivity contribution in [3.63, 3.8) is 0 Å². The third-order valence-corrected chi connectivity index (χ3v) is 6.51. The van der Waals surface area contributed by atoms with Crippen LogP contribution in [0.2, 0.25) is 0 Å². The summed E-state index contributed by atoms with van der Waals surface area (Å²) in [6.45, 7) is 0. The Hall–Kier alpha value is -0.950. The lowest BCUT2D eigenvalue weighted by molar-refractivity contribution is -0.141. The lowest BCUT2D eigenvalue weighted by Crippen LogP contribution is -2.41. The van der Waals surface area contributed by atoms with Gasteiger partial charge in [-0.1, -0.05) is 6.07 Å². The Morgan fingerprint density at radius 1 is 1.19 bits per heavy atom. The van der Waals surface area contributed by atoms with Gasteiger partial charge in [-0.3, -0.25) is 4.21 Å². The van der Waals surface area contributed by atoms with Gasteiger partial charge in [-0.2, -0.15) is 13.2 Å². The molecule has 2 bridgehead atoms. The summed E-state index contributed by atoms with van der Waals surface area (Å²) in [4.78, 5) is 0. The van der Waals surface area contributed by atoms with E-state index < -0.39 is 34.0 Å². The maximum Gasteiger partial charge on any atom is 0.416 e. The van der Waals surface area contributed by atoms with E-state index in [0.29, 0.717) is 18.9 Å². The van der Waals surface area contributed by atoms with Crippen molar-refractivity contribution in [1.29, 1.82) is 0 Å². The molecular weight excluding hydrogens is 308 g/mol. The van der Waals surface area contributed by atoms with E-state index >= 15 is 0 Å². The number of aliphatic hydroxyl groups is 1. The molecule has 2 heterocycles. The van der Waals surface area contributed by atoms with Gasteiger partial charge in [0.2, 0.25) is 0 Å². The highest BCUT2D eigenvalue weighted by Gasteiger charge is 2.51. The Bertz CT molecular complexity index is 583. The molecule has 7 heteroatoms. The highest BCUT2D eigenvalue weighted by atomic mass is 32.2. The van der Waals surface area contributed by atoms with Gasteiger partial charge in [-0.25, -0.2) is 4.39 Å². The molecule has 2 fully saturated rings. The molecule has 0 aromatic heterocycles. The molecule has 2 atom stereocenters. The maximum absolute atomic E-state index is 13.2. The van der Waals surface area contributed by atoms with E-state index in [9.17, 15) is 26.9 Å². The minimum atomic E-state index is -4.73. The molecule has 2 saturated heterocycles. The standard InChI is InChI=1S/C14H14F4O2S/c15-8-1-4-11(12(5-8)14(16,17)18)13(19)6-9-2-3-10(7-13)21(9)20/h1,4-5,9-10,19H,2-3,6-7H2. The van der Waals surface area contributed by atoms with Gasteiger partial charge in [0.25, 0.3) is 0 Å². The van der Waals surface area contributed by atoms with E-state index in [4.69, 9.17) is 0 Å². The fraction of sp³-hybridized carbons (Fsp3) is 0.571. The summed E-state index contributed by atoms with van der Waals surface area (Å²) in [5.74, 6) is -0.989. The molecule has 1 aromatic carbocycles. The summed E-state index contributed by atoms with van der Waals surface area (Å²) in [6, 6.07) is 2.35. The maximum atomic E-state index is 13.2. The van der Waals surface area contributed by atoms with Gasteiger partial charge in [-0.05, 0) is 43.4 Å². The number of fused-ring (bicyclic) bond motifs is 2. The molecule has 0 aliphatic carbocycles. The minimum absolute atomic E-state index is 0.0326. The predicted octanol–water partition coefficient (Wildman–Crippen LogP) is 3.11. The van der Waals surface area contributed by atoms with Crippen LogP contribution in [-0.2, 0) is 22.6 Å². The Balaban J connectivity index is 2.06. The van der Waals surface area contributed by atoms with Crippen LogP contribution in [0.5, 0.6) is 0 Å². The zero-order chi connectivity index (χ0) is 15.4. The Morgan fingerprint density at radius 3 is 2.29 bits per heavy atom. The second-order valence-corrected chi connectivity index (χ2v) is 7.77. The number of hydrogen-bond donors (Lipinski definition) is 1. The van der Waals surface area contributed by atoms with Crippen molar-refractivity contribution >= 4 is 10.8 Å². The molecule has 2 aliphatic heterocycles. The van der Waals surface area contributed by atoms with Crippen molar-refractivity contribution in [2.45, 2.75) is 48.0 Å². The highest BCUT2D eigenvalue weighted by molar-refractivity contribution is 7.86. The van der Waals surface area contributed by atoms with Crippen molar-refractivity contribution in [2.75, 3.05) is 0 Å². The van der Waals surface area contributed by atoms with Gasteiger partial charge >= 0.3 is 6.18 Å². The summed E-state index contributed by atoms with van der Waals surface area (Å²) < 4.78 is 64.4. The third-order valence-electron chi connectivity index (χ3n) is 4.39. The lowest BCUT2D eigenvalue weighted by atomic mass is 9.83. The van der Waals surface area contributed by atoms with Crippen LogP contribution in [0, 0.1) is 5.82 Å². The second-order valence-electron chi connectivity index (χ2n) is 5.78. The monoisotopic (exact) mass is 322 g/mol. The van der Waals surface area contributed by atoms with E-state index in [1.165, 1.54) is 0 Å². The summed E-state index contributed by atoms with van der Waals surface area (Å²) in [5.41, 5.74) is -3.12. The van der Waals surface area contributed by atoms with E-state index in [-0.39, 0.29) is 28.9 Å². The Kier molecular flexibility index (Phi) is 3.40. The van der Waals surface area contributed by atoms with E-state index in [2.05, 4.69) is 0 Å². The number of benzene rings is 1. The molecule has 0 spiro atoms. The van der Waals surface area contributed by atoms with Crippen LogP contribution in [0.1, 0.15) is 36.8 Å². The van der Waals surface area contributed by atoms with Crippen molar-refractivity contribution in [3.05, 3.63) is 35.1 Å². The molecule has 21 heavy (non-hydrogen) atoms. The summed E-state index contributed by atoms with van der Waals surface area (Å²) in [6.07, 6.45) is -3.36. The van der Waals surface area contributed by atoms with Crippen LogP contribution in [-0.4, -0.2) is 19.8 Å². The molecule has 0 amide bonds. The van der Waals surface area contributed by atoms with Gasteiger partial charge in [0, 0.05) is 21.3 Å². The first-order valence-corrected chi connectivity index (χ1v) is 7.97. The largest absolute Gasteiger partial charge is 0.416 e. The van der Waals surface area contributed by atoms with Crippen LogP contribution in [0.4, 0.5) is 17.6 Å². The quantitative estimate of drug-likeness (QED) is 0.807. The van der Waals surface area contributed by atoms with Crippen LogP contribution in [0.3, 0.4) is 0 Å². The first-order chi connectivity index (χ1) is 9.71. The molecule has 0 saturated carbocycles. The Morgan fingerprint density at radius 2 is 1.76 bits per heavy atom. The molecule has 2 nitrogen and oxygen atoms in total. The van der Waals surface area contributed by atoms with E-state index in [1.54, 1.807) is 0 Å². The third kappa shape index (κ3) is 2.50. The van der Waals surface area contributed by atoms with Gasteiger partial charge < -0.3 is 5.11 Å².